The zero-order valence-corrected chi connectivity index (χ0v) is 16.1. The number of carbonyl (C=O) groups excluding carboxylic acids is 1. The number of halogens is 1. The van der Waals surface area contributed by atoms with Crippen molar-refractivity contribution in [3.63, 3.8) is 0 Å². The molecule has 1 aliphatic rings. The summed E-state index contributed by atoms with van der Waals surface area (Å²) in [6, 6.07) is 14.6. The summed E-state index contributed by atoms with van der Waals surface area (Å²) in [5.41, 5.74) is 1.89. The SMILES string of the molecule is O=C(COc1ccc(C2SCCCS2)cc1)NCCc1ccccc1F. The van der Waals surface area contributed by atoms with Crippen molar-refractivity contribution in [3.05, 3.63) is 65.5 Å². The topological polar surface area (TPSA) is 38.3 Å². The van der Waals surface area contributed by atoms with Gasteiger partial charge in [-0.25, -0.2) is 4.39 Å². The van der Waals surface area contributed by atoms with Crippen molar-refractivity contribution in [1.29, 1.82) is 0 Å². The van der Waals surface area contributed by atoms with Crippen molar-refractivity contribution < 1.29 is 13.9 Å². The molecule has 3 nitrogen and oxygen atoms in total. The summed E-state index contributed by atoms with van der Waals surface area (Å²) in [5.74, 6) is 2.66. The van der Waals surface area contributed by atoms with E-state index < -0.39 is 0 Å². The molecular weight excluding hydrogens is 369 g/mol. The van der Waals surface area contributed by atoms with E-state index in [1.165, 1.54) is 29.6 Å². The molecule has 1 saturated heterocycles. The summed E-state index contributed by atoms with van der Waals surface area (Å²) in [6.45, 7) is 0.349. The Balaban J connectivity index is 1.39. The van der Waals surface area contributed by atoms with Crippen LogP contribution in [-0.2, 0) is 11.2 Å². The summed E-state index contributed by atoms with van der Waals surface area (Å²) in [4.78, 5) is 11.9. The summed E-state index contributed by atoms with van der Waals surface area (Å²) < 4.78 is 19.5. The molecule has 1 amide bonds. The number of hydrogen-bond acceptors (Lipinski definition) is 4. The monoisotopic (exact) mass is 391 g/mol. The van der Waals surface area contributed by atoms with Gasteiger partial charge in [0.05, 0.1) is 4.58 Å². The number of ether oxygens (including phenoxy) is 1. The highest BCUT2D eigenvalue weighted by molar-refractivity contribution is 8.16. The van der Waals surface area contributed by atoms with Crippen LogP contribution in [0.25, 0.3) is 0 Å². The van der Waals surface area contributed by atoms with E-state index in [4.69, 9.17) is 4.74 Å². The Kier molecular flexibility index (Phi) is 7.26. The van der Waals surface area contributed by atoms with Crippen LogP contribution in [0.2, 0.25) is 0 Å². The Morgan fingerprint density at radius 3 is 2.58 bits per heavy atom. The van der Waals surface area contributed by atoms with Crippen LogP contribution in [0, 0.1) is 5.82 Å². The van der Waals surface area contributed by atoms with Gasteiger partial charge in [-0.05, 0) is 53.7 Å². The average molecular weight is 392 g/mol. The molecule has 0 aliphatic carbocycles. The lowest BCUT2D eigenvalue weighted by Crippen LogP contribution is -2.30. The number of rotatable bonds is 7. The molecule has 0 radical (unpaired) electrons. The van der Waals surface area contributed by atoms with E-state index in [0.717, 1.165) is 0 Å². The first-order valence-electron chi connectivity index (χ1n) is 8.68. The summed E-state index contributed by atoms with van der Waals surface area (Å²) >= 11 is 3.96. The third-order valence-electron chi connectivity index (χ3n) is 4.02. The molecule has 0 aromatic heterocycles. The summed E-state index contributed by atoms with van der Waals surface area (Å²) in [7, 11) is 0. The van der Waals surface area contributed by atoms with Gasteiger partial charge < -0.3 is 10.1 Å². The molecule has 1 fully saturated rings. The summed E-state index contributed by atoms with van der Waals surface area (Å²) in [6.07, 6.45) is 1.74. The lowest BCUT2D eigenvalue weighted by molar-refractivity contribution is -0.123. The van der Waals surface area contributed by atoms with Crippen LogP contribution in [0.3, 0.4) is 0 Å². The molecule has 6 heteroatoms. The minimum atomic E-state index is -0.243. The highest BCUT2D eigenvalue weighted by atomic mass is 32.2. The van der Waals surface area contributed by atoms with E-state index in [0.29, 0.717) is 28.9 Å². The quantitative estimate of drug-likeness (QED) is 0.758. The molecule has 0 atom stereocenters. The van der Waals surface area contributed by atoms with Crippen LogP contribution in [0.1, 0.15) is 22.1 Å². The molecular formula is C20H22FNO2S2. The molecule has 0 saturated carbocycles. The van der Waals surface area contributed by atoms with Crippen molar-refractivity contribution in [2.75, 3.05) is 24.7 Å². The second-order valence-corrected chi connectivity index (χ2v) is 8.70. The number of nitrogens with one attached hydrogen (secondary N) is 1. The van der Waals surface area contributed by atoms with Gasteiger partial charge in [0.15, 0.2) is 6.61 Å². The highest BCUT2D eigenvalue weighted by Crippen LogP contribution is 2.43. The Morgan fingerprint density at radius 2 is 1.85 bits per heavy atom. The third kappa shape index (κ3) is 5.68. The van der Waals surface area contributed by atoms with Crippen LogP contribution in [0.5, 0.6) is 5.75 Å². The summed E-state index contributed by atoms with van der Waals surface area (Å²) in [5, 5.41) is 2.75. The van der Waals surface area contributed by atoms with E-state index in [9.17, 15) is 9.18 Å². The lowest BCUT2D eigenvalue weighted by Gasteiger charge is -2.21. The fourth-order valence-electron chi connectivity index (χ4n) is 2.64. The van der Waals surface area contributed by atoms with Gasteiger partial charge in [-0.15, -0.1) is 23.5 Å². The van der Waals surface area contributed by atoms with Gasteiger partial charge in [0, 0.05) is 6.54 Å². The van der Waals surface area contributed by atoms with Gasteiger partial charge in [0.25, 0.3) is 5.91 Å². The Bertz CT molecular complexity index is 718. The van der Waals surface area contributed by atoms with Crippen molar-refractivity contribution in [3.8, 4) is 5.75 Å². The fourth-order valence-corrected chi connectivity index (χ4v) is 5.53. The highest BCUT2D eigenvalue weighted by Gasteiger charge is 2.16. The van der Waals surface area contributed by atoms with Crippen molar-refractivity contribution in [2.24, 2.45) is 0 Å². The van der Waals surface area contributed by atoms with Gasteiger partial charge >= 0.3 is 0 Å². The van der Waals surface area contributed by atoms with Crippen molar-refractivity contribution >= 4 is 29.4 Å². The molecule has 1 N–H and O–H groups in total. The van der Waals surface area contributed by atoms with E-state index in [1.54, 1.807) is 18.2 Å². The van der Waals surface area contributed by atoms with Crippen LogP contribution in [0.15, 0.2) is 48.5 Å². The number of carbonyl (C=O) groups is 1. The van der Waals surface area contributed by atoms with Gasteiger partial charge in [-0.2, -0.15) is 0 Å². The Labute approximate surface area is 162 Å². The lowest BCUT2D eigenvalue weighted by atomic mass is 10.1. The maximum Gasteiger partial charge on any atom is 0.257 e. The van der Waals surface area contributed by atoms with Crippen LogP contribution < -0.4 is 10.1 Å². The second-order valence-electron chi connectivity index (χ2n) is 5.98. The Hall–Kier alpha value is -1.66. The molecule has 0 unspecified atom stereocenters. The number of hydrogen-bond donors (Lipinski definition) is 1. The van der Waals surface area contributed by atoms with Crippen molar-refractivity contribution in [2.45, 2.75) is 17.4 Å². The standard InChI is InChI=1S/C20H22FNO2S2/c21-18-5-2-1-4-15(18)10-11-22-19(23)14-24-17-8-6-16(7-9-17)20-25-12-3-13-26-20/h1-2,4-9,20H,3,10-14H2,(H,22,23). The first-order chi connectivity index (χ1) is 12.7. The fraction of sp³-hybridized carbons (Fsp3) is 0.350. The largest absolute Gasteiger partial charge is 0.484 e. The first-order valence-corrected chi connectivity index (χ1v) is 10.8. The third-order valence-corrected chi connectivity index (χ3v) is 7.04. The van der Waals surface area contributed by atoms with Crippen LogP contribution in [-0.4, -0.2) is 30.6 Å². The van der Waals surface area contributed by atoms with Gasteiger partial charge in [-0.1, -0.05) is 30.3 Å². The minimum Gasteiger partial charge on any atom is -0.484 e. The van der Waals surface area contributed by atoms with Crippen LogP contribution in [0.4, 0.5) is 4.39 Å². The predicted octanol–water partition coefficient (Wildman–Crippen LogP) is 4.43. The average Bonchev–Trinajstić information content (AvgIpc) is 2.69. The molecule has 1 aliphatic heterocycles. The molecule has 0 spiro atoms. The van der Waals surface area contributed by atoms with E-state index in [1.807, 2.05) is 35.7 Å². The van der Waals surface area contributed by atoms with Crippen LogP contribution >= 0.6 is 23.5 Å². The molecule has 26 heavy (non-hydrogen) atoms. The van der Waals surface area contributed by atoms with E-state index >= 15 is 0 Å². The maximum absolute atomic E-state index is 13.5. The minimum absolute atomic E-state index is 0.0381. The number of benzene rings is 2. The smallest absolute Gasteiger partial charge is 0.257 e. The zero-order valence-electron chi connectivity index (χ0n) is 14.4. The van der Waals surface area contributed by atoms with Gasteiger partial charge in [0.1, 0.15) is 11.6 Å². The normalized spacial score (nSPS) is 14.8. The zero-order chi connectivity index (χ0) is 18.2. The molecule has 3 rings (SSSR count). The molecule has 1 heterocycles. The predicted molar refractivity (Wildman–Crippen MR) is 107 cm³/mol. The first kappa shape index (κ1) is 19.1. The van der Waals surface area contributed by atoms with E-state index in [-0.39, 0.29) is 18.3 Å². The number of thioether (sulfide) groups is 2. The molecule has 2 aromatic carbocycles. The Morgan fingerprint density at radius 1 is 1.12 bits per heavy atom. The van der Waals surface area contributed by atoms with Gasteiger partial charge in [-0.3, -0.25) is 4.79 Å². The number of amides is 1. The molecule has 0 bridgehead atoms. The maximum atomic E-state index is 13.5. The van der Waals surface area contributed by atoms with E-state index in [2.05, 4.69) is 17.4 Å². The molecule has 2 aromatic rings. The van der Waals surface area contributed by atoms with Crippen molar-refractivity contribution in [1.82, 2.24) is 5.32 Å². The molecule has 138 valence electrons. The second kappa shape index (κ2) is 9.88. The van der Waals surface area contributed by atoms with Gasteiger partial charge in [0.2, 0.25) is 0 Å².